The summed E-state index contributed by atoms with van der Waals surface area (Å²) in [5.41, 5.74) is 1.03. The Bertz CT molecular complexity index is 236. The zero-order chi connectivity index (χ0) is 9.68. The molecule has 0 saturated carbocycles. The minimum atomic E-state index is -0.284. The fraction of sp³-hybridized carbons (Fsp3) is 0.500. The van der Waals surface area contributed by atoms with E-state index in [9.17, 15) is 0 Å². The van der Waals surface area contributed by atoms with Crippen molar-refractivity contribution in [3.8, 4) is 0 Å². The quantitative estimate of drug-likeness (QED) is 0.747. The van der Waals surface area contributed by atoms with Crippen LogP contribution in [0.2, 0.25) is 0 Å². The zero-order valence-electron chi connectivity index (χ0n) is 8.14. The molecule has 3 nitrogen and oxygen atoms in total. The molecule has 0 bridgehead atoms. The highest BCUT2D eigenvalue weighted by Crippen LogP contribution is 1.99. The predicted molar refractivity (Wildman–Crippen MR) is 52.3 cm³/mol. The molecule has 0 aliphatic rings. The van der Waals surface area contributed by atoms with E-state index in [-0.39, 0.29) is 6.10 Å². The van der Waals surface area contributed by atoms with Gasteiger partial charge in [0.1, 0.15) is 0 Å². The van der Waals surface area contributed by atoms with Crippen LogP contribution >= 0.6 is 0 Å². The van der Waals surface area contributed by atoms with E-state index in [1.807, 2.05) is 30.1 Å². The maximum Gasteiger partial charge on any atom is 0.0639 e. The maximum absolute atomic E-state index is 9.14. The summed E-state index contributed by atoms with van der Waals surface area (Å²) in [5.74, 6) is 0. The first-order chi connectivity index (χ1) is 6.18. The van der Waals surface area contributed by atoms with Crippen molar-refractivity contribution in [2.24, 2.45) is 0 Å². The highest BCUT2D eigenvalue weighted by atomic mass is 16.3. The number of nitrogens with zero attached hydrogens (tertiary/aromatic N) is 2. The van der Waals surface area contributed by atoms with Crippen molar-refractivity contribution in [1.82, 2.24) is 9.88 Å². The average Bonchev–Trinajstić information content (AvgIpc) is 2.04. The largest absolute Gasteiger partial charge is 0.392 e. The van der Waals surface area contributed by atoms with Crippen LogP contribution in [-0.4, -0.2) is 34.7 Å². The van der Waals surface area contributed by atoms with E-state index in [1.54, 1.807) is 13.1 Å². The van der Waals surface area contributed by atoms with Gasteiger partial charge in [0, 0.05) is 19.3 Å². The van der Waals surface area contributed by atoms with E-state index in [4.69, 9.17) is 5.11 Å². The molecule has 0 aromatic carbocycles. The number of pyridine rings is 1. The normalized spacial score (nSPS) is 13.2. The number of aromatic nitrogens is 1. The van der Waals surface area contributed by atoms with Crippen LogP contribution in [0.15, 0.2) is 24.4 Å². The molecule has 1 heterocycles. The summed E-state index contributed by atoms with van der Waals surface area (Å²) < 4.78 is 0. The zero-order valence-corrected chi connectivity index (χ0v) is 8.14. The Balaban J connectivity index is 2.41. The van der Waals surface area contributed by atoms with Crippen molar-refractivity contribution in [2.75, 3.05) is 13.6 Å². The fourth-order valence-corrected chi connectivity index (χ4v) is 1.28. The summed E-state index contributed by atoms with van der Waals surface area (Å²) in [6, 6.07) is 5.86. The van der Waals surface area contributed by atoms with Crippen LogP contribution in [0.25, 0.3) is 0 Å². The van der Waals surface area contributed by atoms with E-state index in [0.29, 0.717) is 6.54 Å². The third-order valence-corrected chi connectivity index (χ3v) is 1.73. The summed E-state index contributed by atoms with van der Waals surface area (Å²) in [7, 11) is 1.97. The Kier molecular flexibility index (Phi) is 3.86. The summed E-state index contributed by atoms with van der Waals surface area (Å²) in [6.07, 6.45) is 1.50. The van der Waals surface area contributed by atoms with Crippen LogP contribution in [0.5, 0.6) is 0 Å². The molecule has 1 atom stereocenters. The van der Waals surface area contributed by atoms with Crippen molar-refractivity contribution < 1.29 is 5.11 Å². The van der Waals surface area contributed by atoms with E-state index in [2.05, 4.69) is 4.98 Å². The van der Waals surface area contributed by atoms with Gasteiger partial charge in [0.05, 0.1) is 11.8 Å². The Morgan fingerprint density at radius 3 is 2.85 bits per heavy atom. The molecule has 0 fully saturated rings. The van der Waals surface area contributed by atoms with E-state index < -0.39 is 0 Å². The van der Waals surface area contributed by atoms with Gasteiger partial charge in [-0.25, -0.2) is 0 Å². The van der Waals surface area contributed by atoms with E-state index in [1.165, 1.54) is 0 Å². The molecular weight excluding hydrogens is 164 g/mol. The molecule has 0 radical (unpaired) electrons. The third-order valence-electron chi connectivity index (χ3n) is 1.73. The van der Waals surface area contributed by atoms with Crippen molar-refractivity contribution in [3.63, 3.8) is 0 Å². The molecule has 1 aromatic heterocycles. The maximum atomic E-state index is 9.14. The summed E-state index contributed by atoms with van der Waals surface area (Å²) in [5, 5.41) is 9.14. The SMILES string of the molecule is C[C@H](O)CN(C)Cc1ccccn1. The lowest BCUT2D eigenvalue weighted by atomic mass is 10.3. The van der Waals surface area contributed by atoms with Gasteiger partial charge < -0.3 is 5.11 Å². The minimum Gasteiger partial charge on any atom is -0.392 e. The monoisotopic (exact) mass is 180 g/mol. The van der Waals surface area contributed by atoms with Crippen LogP contribution in [0.1, 0.15) is 12.6 Å². The Morgan fingerprint density at radius 1 is 1.54 bits per heavy atom. The Labute approximate surface area is 79.0 Å². The molecule has 0 aliphatic carbocycles. The average molecular weight is 180 g/mol. The summed E-state index contributed by atoms with van der Waals surface area (Å²) in [4.78, 5) is 6.25. The molecule has 1 aromatic rings. The number of aliphatic hydroxyl groups excluding tert-OH is 1. The van der Waals surface area contributed by atoms with Crippen LogP contribution in [0.4, 0.5) is 0 Å². The van der Waals surface area contributed by atoms with Gasteiger partial charge in [0.2, 0.25) is 0 Å². The first kappa shape index (κ1) is 10.2. The molecule has 1 rings (SSSR count). The summed E-state index contributed by atoms with van der Waals surface area (Å²) in [6.45, 7) is 3.25. The highest BCUT2D eigenvalue weighted by Gasteiger charge is 2.03. The Hall–Kier alpha value is -0.930. The molecule has 0 aliphatic heterocycles. The smallest absolute Gasteiger partial charge is 0.0639 e. The number of rotatable bonds is 4. The number of likely N-dealkylation sites (N-methyl/N-ethyl adjacent to an activating group) is 1. The van der Waals surface area contributed by atoms with Crippen molar-refractivity contribution in [2.45, 2.75) is 19.6 Å². The van der Waals surface area contributed by atoms with E-state index >= 15 is 0 Å². The lowest BCUT2D eigenvalue weighted by molar-refractivity contribution is 0.138. The molecule has 0 saturated heterocycles. The highest BCUT2D eigenvalue weighted by molar-refractivity contribution is 5.02. The van der Waals surface area contributed by atoms with Crippen LogP contribution in [0, 0.1) is 0 Å². The standard InChI is InChI=1S/C10H16N2O/c1-9(13)7-12(2)8-10-5-3-4-6-11-10/h3-6,9,13H,7-8H2,1-2H3/t9-/m0/s1. The van der Waals surface area contributed by atoms with Crippen LogP contribution < -0.4 is 0 Å². The van der Waals surface area contributed by atoms with Crippen molar-refractivity contribution >= 4 is 0 Å². The molecular formula is C10H16N2O. The lowest BCUT2D eigenvalue weighted by Gasteiger charge is -2.17. The molecule has 72 valence electrons. The van der Waals surface area contributed by atoms with E-state index in [0.717, 1.165) is 12.2 Å². The minimum absolute atomic E-state index is 0.284. The second kappa shape index (κ2) is 4.94. The van der Waals surface area contributed by atoms with Gasteiger partial charge in [-0.2, -0.15) is 0 Å². The molecule has 0 unspecified atom stereocenters. The fourth-order valence-electron chi connectivity index (χ4n) is 1.28. The van der Waals surface area contributed by atoms with Gasteiger partial charge in [-0.15, -0.1) is 0 Å². The van der Waals surface area contributed by atoms with Crippen molar-refractivity contribution in [1.29, 1.82) is 0 Å². The van der Waals surface area contributed by atoms with Gasteiger partial charge >= 0.3 is 0 Å². The van der Waals surface area contributed by atoms with Gasteiger partial charge in [-0.3, -0.25) is 9.88 Å². The number of aliphatic hydroxyl groups is 1. The summed E-state index contributed by atoms with van der Waals surface area (Å²) >= 11 is 0. The van der Waals surface area contributed by atoms with Gasteiger partial charge in [0.25, 0.3) is 0 Å². The third kappa shape index (κ3) is 4.01. The molecule has 1 N–H and O–H groups in total. The first-order valence-corrected chi connectivity index (χ1v) is 4.45. The van der Waals surface area contributed by atoms with Crippen LogP contribution in [0.3, 0.4) is 0 Å². The topological polar surface area (TPSA) is 36.4 Å². The molecule has 3 heteroatoms. The second-order valence-electron chi connectivity index (χ2n) is 3.37. The van der Waals surface area contributed by atoms with Crippen molar-refractivity contribution in [3.05, 3.63) is 30.1 Å². The second-order valence-corrected chi connectivity index (χ2v) is 3.37. The predicted octanol–water partition coefficient (Wildman–Crippen LogP) is 0.894. The van der Waals surface area contributed by atoms with Gasteiger partial charge in [0.15, 0.2) is 0 Å². The number of hydrogen-bond acceptors (Lipinski definition) is 3. The molecule has 0 spiro atoms. The van der Waals surface area contributed by atoms with Crippen LogP contribution in [-0.2, 0) is 6.54 Å². The van der Waals surface area contributed by atoms with Gasteiger partial charge in [-0.1, -0.05) is 6.07 Å². The first-order valence-electron chi connectivity index (χ1n) is 4.45. The lowest BCUT2D eigenvalue weighted by Crippen LogP contribution is -2.27. The molecule has 0 amide bonds. The van der Waals surface area contributed by atoms with Gasteiger partial charge in [-0.05, 0) is 26.1 Å². The molecule has 13 heavy (non-hydrogen) atoms. The number of hydrogen-bond donors (Lipinski definition) is 1. The Morgan fingerprint density at radius 2 is 2.31 bits per heavy atom.